The molecule has 2 saturated carbocycles. The van der Waals surface area contributed by atoms with E-state index in [0.717, 1.165) is 63.5 Å². The molecule has 6 rings (SSSR count). The number of rotatable bonds is 7. The van der Waals surface area contributed by atoms with E-state index < -0.39 is 29.6 Å². The maximum absolute atomic E-state index is 14.2. The number of ether oxygens (including phenoxy) is 2. The van der Waals surface area contributed by atoms with Crippen molar-refractivity contribution in [2.45, 2.75) is 101 Å². The smallest absolute Gasteiger partial charge is 0.246 e. The first-order valence-electron chi connectivity index (χ1n) is 14.6. The van der Waals surface area contributed by atoms with Gasteiger partial charge in [0.25, 0.3) is 0 Å². The van der Waals surface area contributed by atoms with Crippen LogP contribution in [0, 0.1) is 11.8 Å². The van der Waals surface area contributed by atoms with Gasteiger partial charge < -0.3 is 25.0 Å². The largest absolute Gasteiger partial charge is 0.494 e. The van der Waals surface area contributed by atoms with Gasteiger partial charge in [-0.25, -0.2) is 0 Å². The van der Waals surface area contributed by atoms with E-state index in [1.54, 1.807) is 12.1 Å². The summed E-state index contributed by atoms with van der Waals surface area (Å²) in [6.45, 7) is 2.49. The molecule has 4 fully saturated rings. The highest BCUT2D eigenvalue weighted by Gasteiger charge is 2.73. The number of carbonyl (C=O) groups excluding carboxylic acids is 3. The number of benzene rings is 1. The van der Waals surface area contributed by atoms with Crippen LogP contribution < -0.4 is 15.4 Å². The number of nitrogens with zero attached hydrogens (tertiary/aromatic N) is 1. The number of amides is 3. The SMILES string of the molecule is CCOc1ccc(NC(=O)C2C3C=CC4(O3)C2C(=O)N(C2CCCCC2)C4C(=O)NC2CCCCC2)cc1. The molecule has 0 radical (unpaired) electrons. The van der Waals surface area contributed by atoms with E-state index >= 15 is 0 Å². The fraction of sp³-hybridized carbons (Fsp3) is 0.633. The summed E-state index contributed by atoms with van der Waals surface area (Å²) in [5.74, 6) is -1.14. The van der Waals surface area contributed by atoms with Crippen LogP contribution in [0.1, 0.15) is 71.1 Å². The van der Waals surface area contributed by atoms with Crippen molar-refractivity contribution in [1.82, 2.24) is 10.2 Å². The van der Waals surface area contributed by atoms with Gasteiger partial charge in [0.1, 0.15) is 17.4 Å². The summed E-state index contributed by atoms with van der Waals surface area (Å²) in [5, 5.41) is 6.27. The Labute approximate surface area is 224 Å². The molecule has 5 aliphatic rings. The molecule has 2 saturated heterocycles. The lowest BCUT2D eigenvalue weighted by atomic mass is 9.74. The van der Waals surface area contributed by atoms with E-state index in [0.29, 0.717) is 12.3 Å². The Morgan fingerprint density at radius 3 is 2.37 bits per heavy atom. The highest BCUT2D eigenvalue weighted by Crippen LogP contribution is 2.56. The Bertz CT molecular complexity index is 1090. The van der Waals surface area contributed by atoms with E-state index in [1.807, 2.05) is 36.1 Å². The average molecular weight is 522 g/mol. The summed E-state index contributed by atoms with van der Waals surface area (Å²) in [7, 11) is 0. The predicted octanol–water partition coefficient (Wildman–Crippen LogP) is 3.96. The molecule has 1 aromatic carbocycles. The van der Waals surface area contributed by atoms with Crippen molar-refractivity contribution in [3.05, 3.63) is 36.4 Å². The second-order valence-electron chi connectivity index (χ2n) is 11.5. The Morgan fingerprint density at radius 1 is 1.00 bits per heavy atom. The zero-order valence-electron chi connectivity index (χ0n) is 22.2. The van der Waals surface area contributed by atoms with Crippen LogP contribution in [0.2, 0.25) is 0 Å². The van der Waals surface area contributed by atoms with E-state index in [1.165, 1.54) is 6.42 Å². The zero-order chi connectivity index (χ0) is 26.3. The van der Waals surface area contributed by atoms with Crippen LogP contribution in [0.5, 0.6) is 5.75 Å². The van der Waals surface area contributed by atoms with Crippen LogP contribution in [-0.2, 0) is 19.1 Å². The number of likely N-dealkylation sites (tertiary alicyclic amines) is 1. The van der Waals surface area contributed by atoms with E-state index in [4.69, 9.17) is 9.47 Å². The van der Waals surface area contributed by atoms with Gasteiger partial charge in [-0.15, -0.1) is 0 Å². The minimum Gasteiger partial charge on any atom is -0.494 e. The standard InChI is InChI=1S/C30H39N3O5/c1-2-37-22-15-13-20(14-16-22)31-27(34)24-23-17-18-30(38-23)25(24)29(36)33(21-11-7-4-8-12-21)26(30)28(35)32-19-9-5-3-6-10-19/h13-19,21,23-26H,2-12H2,1H3,(H,31,34)(H,32,35). The van der Waals surface area contributed by atoms with Crippen LogP contribution in [0.15, 0.2) is 36.4 Å². The molecule has 0 aromatic heterocycles. The van der Waals surface area contributed by atoms with E-state index in [9.17, 15) is 14.4 Å². The van der Waals surface area contributed by atoms with Gasteiger partial charge in [-0.1, -0.05) is 50.7 Å². The van der Waals surface area contributed by atoms with Gasteiger partial charge in [-0.05, 0) is 56.9 Å². The maximum Gasteiger partial charge on any atom is 0.246 e. The van der Waals surface area contributed by atoms with Crippen molar-refractivity contribution in [3.8, 4) is 5.75 Å². The fourth-order valence-corrected chi connectivity index (χ4v) is 7.51. The zero-order valence-corrected chi connectivity index (χ0v) is 22.2. The van der Waals surface area contributed by atoms with Gasteiger partial charge in [0.05, 0.1) is 24.5 Å². The molecular formula is C30H39N3O5. The Kier molecular flexibility index (Phi) is 6.93. The topological polar surface area (TPSA) is 97.0 Å². The number of anilines is 1. The molecular weight excluding hydrogens is 482 g/mol. The lowest BCUT2D eigenvalue weighted by Crippen LogP contribution is -2.58. The van der Waals surface area contributed by atoms with E-state index in [-0.39, 0.29) is 29.8 Å². The minimum absolute atomic E-state index is 0.00389. The number of carbonyl (C=O) groups is 3. The van der Waals surface area contributed by atoms with Crippen molar-refractivity contribution in [3.63, 3.8) is 0 Å². The Balaban J connectivity index is 1.28. The summed E-state index contributed by atoms with van der Waals surface area (Å²) in [5.41, 5.74) is -0.459. The van der Waals surface area contributed by atoms with Crippen molar-refractivity contribution in [1.29, 1.82) is 0 Å². The number of hydrogen-bond acceptors (Lipinski definition) is 5. The van der Waals surface area contributed by atoms with Crippen LogP contribution in [-0.4, -0.2) is 59.1 Å². The predicted molar refractivity (Wildman–Crippen MR) is 142 cm³/mol. The van der Waals surface area contributed by atoms with Crippen molar-refractivity contribution in [2.75, 3.05) is 11.9 Å². The third-order valence-electron chi connectivity index (χ3n) is 9.22. The molecule has 204 valence electrons. The second-order valence-corrected chi connectivity index (χ2v) is 11.5. The summed E-state index contributed by atoms with van der Waals surface area (Å²) in [6, 6.07) is 6.63. The molecule has 3 heterocycles. The molecule has 38 heavy (non-hydrogen) atoms. The quantitative estimate of drug-likeness (QED) is 0.530. The third-order valence-corrected chi connectivity index (χ3v) is 9.22. The first-order chi connectivity index (χ1) is 18.5. The van der Waals surface area contributed by atoms with Crippen molar-refractivity contribution in [2.24, 2.45) is 11.8 Å². The molecule has 5 atom stereocenters. The number of fused-ring (bicyclic) bond motifs is 1. The molecule has 5 unspecified atom stereocenters. The van der Waals surface area contributed by atoms with Gasteiger partial charge in [0.15, 0.2) is 0 Å². The van der Waals surface area contributed by atoms with Gasteiger partial charge in [-0.2, -0.15) is 0 Å². The van der Waals surface area contributed by atoms with Crippen molar-refractivity contribution < 1.29 is 23.9 Å². The third kappa shape index (κ3) is 4.31. The normalized spacial score (nSPS) is 32.9. The first-order valence-corrected chi connectivity index (χ1v) is 14.6. The Hall–Kier alpha value is -2.87. The molecule has 1 aromatic rings. The fourth-order valence-electron chi connectivity index (χ4n) is 7.51. The Morgan fingerprint density at radius 2 is 1.68 bits per heavy atom. The van der Waals surface area contributed by atoms with E-state index in [2.05, 4.69) is 10.6 Å². The van der Waals surface area contributed by atoms with Gasteiger partial charge >= 0.3 is 0 Å². The van der Waals surface area contributed by atoms with Gasteiger partial charge in [0, 0.05) is 17.8 Å². The summed E-state index contributed by atoms with van der Waals surface area (Å²) in [6.07, 6.45) is 13.7. The van der Waals surface area contributed by atoms with Crippen LogP contribution in [0.3, 0.4) is 0 Å². The van der Waals surface area contributed by atoms with Gasteiger partial charge in [-0.3, -0.25) is 14.4 Å². The second kappa shape index (κ2) is 10.4. The van der Waals surface area contributed by atoms with Gasteiger partial charge in [0.2, 0.25) is 17.7 Å². The summed E-state index contributed by atoms with van der Waals surface area (Å²) in [4.78, 5) is 43.6. The molecule has 2 N–H and O–H groups in total. The molecule has 2 bridgehead atoms. The lowest BCUT2D eigenvalue weighted by Gasteiger charge is -2.39. The molecule has 3 aliphatic heterocycles. The minimum atomic E-state index is -1.10. The highest BCUT2D eigenvalue weighted by molar-refractivity contribution is 6.03. The number of nitrogens with one attached hydrogen (secondary N) is 2. The molecule has 3 amide bonds. The number of hydrogen-bond donors (Lipinski definition) is 2. The highest BCUT2D eigenvalue weighted by atomic mass is 16.5. The average Bonchev–Trinajstić information content (AvgIpc) is 3.58. The van der Waals surface area contributed by atoms with Crippen LogP contribution in [0.4, 0.5) is 5.69 Å². The molecule has 8 heteroatoms. The first kappa shape index (κ1) is 25.4. The molecule has 8 nitrogen and oxygen atoms in total. The summed E-state index contributed by atoms with van der Waals surface area (Å²) < 4.78 is 12.0. The lowest BCUT2D eigenvalue weighted by molar-refractivity contribution is -0.144. The molecule has 1 spiro atoms. The van der Waals surface area contributed by atoms with Crippen LogP contribution in [0.25, 0.3) is 0 Å². The summed E-state index contributed by atoms with van der Waals surface area (Å²) >= 11 is 0. The van der Waals surface area contributed by atoms with Crippen LogP contribution >= 0.6 is 0 Å². The monoisotopic (exact) mass is 521 g/mol. The maximum atomic E-state index is 14.2. The molecule has 2 aliphatic carbocycles. The van der Waals surface area contributed by atoms with Crippen molar-refractivity contribution >= 4 is 23.4 Å².